The summed E-state index contributed by atoms with van der Waals surface area (Å²) in [5.74, 6) is -0.211. The fraction of sp³-hybridized carbons (Fsp3) is 0.375. The molecule has 114 valence electrons. The number of hydrogen-bond donors (Lipinski definition) is 1. The van der Waals surface area contributed by atoms with Crippen molar-refractivity contribution in [2.24, 2.45) is 0 Å². The van der Waals surface area contributed by atoms with Gasteiger partial charge in [0.2, 0.25) is 0 Å². The van der Waals surface area contributed by atoms with E-state index in [1.807, 2.05) is 19.9 Å². The number of benzene rings is 1. The second-order valence-corrected chi connectivity index (χ2v) is 7.41. The summed E-state index contributed by atoms with van der Waals surface area (Å²) in [7, 11) is 0. The van der Waals surface area contributed by atoms with Crippen LogP contribution in [0.3, 0.4) is 0 Å². The largest absolute Gasteiger partial charge is 0.306 e. The Morgan fingerprint density at radius 3 is 2.29 bits per heavy atom. The lowest BCUT2D eigenvalue weighted by Crippen LogP contribution is -2.24. The molecule has 2 rings (SSSR count). The molecule has 5 heteroatoms. The van der Waals surface area contributed by atoms with Crippen LogP contribution in [0.25, 0.3) is 0 Å². The van der Waals surface area contributed by atoms with Crippen LogP contribution in [0.1, 0.15) is 41.6 Å². The van der Waals surface area contributed by atoms with Gasteiger partial charge in [0.15, 0.2) is 0 Å². The van der Waals surface area contributed by atoms with Gasteiger partial charge in [-0.05, 0) is 61.7 Å². The number of aryl methyl sites for hydroxylation is 2. The molecule has 0 saturated heterocycles. The highest BCUT2D eigenvalue weighted by atomic mass is 35.5. The molecule has 0 aliphatic rings. The van der Waals surface area contributed by atoms with Crippen molar-refractivity contribution in [1.82, 2.24) is 5.32 Å². The van der Waals surface area contributed by atoms with Gasteiger partial charge in [-0.3, -0.25) is 0 Å². The van der Waals surface area contributed by atoms with Crippen LogP contribution in [0, 0.1) is 19.7 Å². The topological polar surface area (TPSA) is 12.0 Å². The Bertz CT molecular complexity index is 616. The minimum Gasteiger partial charge on any atom is -0.306 e. The monoisotopic (exact) mass is 345 g/mol. The molecule has 1 nitrogen and oxygen atoms in total. The first kappa shape index (κ1) is 16.8. The Morgan fingerprint density at radius 1 is 1.19 bits per heavy atom. The maximum atomic E-state index is 13.5. The normalized spacial score (nSPS) is 12.7. The van der Waals surface area contributed by atoms with E-state index >= 15 is 0 Å². The SMILES string of the molecule is CCCNC(c1cc(Cl)sc1Cl)c1c(C)cc(F)cc1C. The molecule has 2 aromatic rings. The fourth-order valence-corrected chi connectivity index (χ4v) is 4.12. The van der Waals surface area contributed by atoms with Gasteiger partial charge in [-0.15, -0.1) is 11.3 Å². The first-order valence-corrected chi connectivity index (χ1v) is 8.46. The van der Waals surface area contributed by atoms with Crippen LogP contribution < -0.4 is 5.32 Å². The molecule has 1 atom stereocenters. The quantitative estimate of drug-likeness (QED) is 0.711. The van der Waals surface area contributed by atoms with Crippen molar-refractivity contribution in [2.45, 2.75) is 33.2 Å². The van der Waals surface area contributed by atoms with Gasteiger partial charge in [0.05, 0.1) is 14.7 Å². The Kier molecular flexibility index (Phi) is 5.67. The summed E-state index contributed by atoms with van der Waals surface area (Å²) in [5.41, 5.74) is 3.86. The molecule has 0 fully saturated rings. The third kappa shape index (κ3) is 3.78. The van der Waals surface area contributed by atoms with Crippen LogP contribution in [0.2, 0.25) is 8.67 Å². The zero-order valence-electron chi connectivity index (χ0n) is 12.3. The molecule has 1 N–H and O–H groups in total. The molecule has 0 amide bonds. The van der Waals surface area contributed by atoms with Gasteiger partial charge in [0, 0.05) is 5.56 Å². The predicted molar refractivity (Wildman–Crippen MR) is 90.3 cm³/mol. The van der Waals surface area contributed by atoms with Gasteiger partial charge in [-0.1, -0.05) is 30.1 Å². The number of hydrogen-bond acceptors (Lipinski definition) is 2. The molecule has 21 heavy (non-hydrogen) atoms. The summed E-state index contributed by atoms with van der Waals surface area (Å²) in [6.45, 7) is 6.81. The standard InChI is InChI=1S/C16H18Cl2FNS/c1-4-5-20-15(12-8-13(17)21-16(12)18)14-9(2)6-11(19)7-10(14)3/h6-8,15,20H,4-5H2,1-3H3. The Balaban J connectivity index is 2.53. The predicted octanol–water partition coefficient (Wildman–Crippen LogP) is 5.90. The molecule has 1 aromatic carbocycles. The van der Waals surface area contributed by atoms with Crippen molar-refractivity contribution in [2.75, 3.05) is 6.54 Å². The van der Waals surface area contributed by atoms with E-state index in [-0.39, 0.29) is 11.9 Å². The van der Waals surface area contributed by atoms with Gasteiger partial charge in [-0.2, -0.15) is 0 Å². The summed E-state index contributed by atoms with van der Waals surface area (Å²) in [5, 5.41) is 3.50. The maximum absolute atomic E-state index is 13.5. The van der Waals surface area contributed by atoms with E-state index in [9.17, 15) is 4.39 Å². The van der Waals surface area contributed by atoms with Crippen LogP contribution in [0.5, 0.6) is 0 Å². The van der Waals surface area contributed by atoms with E-state index in [1.54, 1.807) is 12.1 Å². The smallest absolute Gasteiger partial charge is 0.123 e. The van der Waals surface area contributed by atoms with Gasteiger partial charge in [-0.25, -0.2) is 4.39 Å². The third-order valence-corrected chi connectivity index (χ3v) is 4.96. The van der Waals surface area contributed by atoms with Gasteiger partial charge in [0.25, 0.3) is 0 Å². The van der Waals surface area contributed by atoms with E-state index < -0.39 is 0 Å². The van der Waals surface area contributed by atoms with Crippen LogP contribution >= 0.6 is 34.5 Å². The molecule has 0 bridgehead atoms. The summed E-state index contributed by atoms with van der Waals surface area (Å²) in [4.78, 5) is 0. The van der Waals surface area contributed by atoms with Crippen LogP contribution in [-0.4, -0.2) is 6.54 Å². The average molecular weight is 346 g/mol. The van der Waals surface area contributed by atoms with Crippen LogP contribution in [0.15, 0.2) is 18.2 Å². The summed E-state index contributed by atoms with van der Waals surface area (Å²) < 4.78 is 14.9. The molecule has 0 spiro atoms. The molecule has 1 aromatic heterocycles. The van der Waals surface area contributed by atoms with Crippen LogP contribution in [-0.2, 0) is 0 Å². The molecular weight excluding hydrogens is 328 g/mol. The second kappa shape index (κ2) is 7.10. The van der Waals surface area contributed by atoms with Gasteiger partial charge < -0.3 is 5.32 Å². The Labute approximate surface area is 139 Å². The minimum atomic E-state index is -0.211. The first-order valence-electron chi connectivity index (χ1n) is 6.88. The summed E-state index contributed by atoms with van der Waals surface area (Å²) >= 11 is 13.8. The average Bonchev–Trinajstić information content (AvgIpc) is 2.71. The fourth-order valence-electron chi connectivity index (χ4n) is 2.58. The minimum absolute atomic E-state index is 0.0678. The van der Waals surface area contributed by atoms with Gasteiger partial charge in [0.1, 0.15) is 5.82 Å². The molecule has 0 radical (unpaired) electrons. The third-order valence-electron chi connectivity index (χ3n) is 3.44. The van der Waals surface area contributed by atoms with Gasteiger partial charge >= 0.3 is 0 Å². The molecule has 1 heterocycles. The molecular formula is C16H18Cl2FNS. The van der Waals surface area contributed by atoms with Crippen LogP contribution in [0.4, 0.5) is 4.39 Å². The lowest BCUT2D eigenvalue weighted by Gasteiger charge is -2.23. The number of nitrogens with one attached hydrogen (secondary N) is 1. The Morgan fingerprint density at radius 2 is 1.81 bits per heavy atom. The highest BCUT2D eigenvalue weighted by molar-refractivity contribution is 7.20. The molecule has 0 aliphatic carbocycles. The lowest BCUT2D eigenvalue weighted by atomic mass is 9.92. The van der Waals surface area contributed by atoms with Crippen molar-refractivity contribution in [3.8, 4) is 0 Å². The molecule has 0 aliphatic heterocycles. The Hall–Kier alpha value is -0.610. The van der Waals surface area contributed by atoms with Crippen molar-refractivity contribution >= 4 is 34.5 Å². The lowest BCUT2D eigenvalue weighted by molar-refractivity contribution is 0.588. The van der Waals surface area contributed by atoms with E-state index in [2.05, 4.69) is 12.2 Å². The van der Waals surface area contributed by atoms with E-state index in [4.69, 9.17) is 23.2 Å². The van der Waals surface area contributed by atoms with Crippen molar-refractivity contribution < 1.29 is 4.39 Å². The summed E-state index contributed by atoms with van der Waals surface area (Å²) in [6.07, 6.45) is 1.01. The highest BCUT2D eigenvalue weighted by Gasteiger charge is 2.22. The summed E-state index contributed by atoms with van der Waals surface area (Å²) in [6, 6.07) is 4.95. The van der Waals surface area contributed by atoms with E-state index in [0.29, 0.717) is 8.67 Å². The zero-order valence-corrected chi connectivity index (χ0v) is 14.6. The zero-order chi connectivity index (χ0) is 15.6. The molecule has 1 unspecified atom stereocenters. The van der Waals surface area contributed by atoms with Crippen molar-refractivity contribution in [3.05, 3.63) is 54.9 Å². The number of rotatable bonds is 5. The number of thiophene rings is 1. The van der Waals surface area contributed by atoms with E-state index in [0.717, 1.165) is 35.2 Å². The maximum Gasteiger partial charge on any atom is 0.123 e. The number of halogens is 3. The molecule has 0 saturated carbocycles. The van der Waals surface area contributed by atoms with E-state index in [1.165, 1.54) is 11.3 Å². The first-order chi connectivity index (χ1) is 9.93. The second-order valence-electron chi connectivity index (χ2n) is 5.12. The van der Waals surface area contributed by atoms with Crippen molar-refractivity contribution in [1.29, 1.82) is 0 Å². The van der Waals surface area contributed by atoms with Crippen molar-refractivity contribution in [3.63, 3.8) is 0 Å². The highest BCUT2D eigenvalue weighted by Crippen LogP contribution is 2.39.